The lowest BCUT2D eigenvalue weighted by Gasteiger charge is -2.29. The second kappa shape index (κ2) is 8.11. The molecule has 0 radical (unpaired) electrons. The topological polar surface area (TPSA) is 85.2 Å². The van der Waals surface area contributed by atoms with E-state index in [-0.39, 0.29) is 28.2 Å². The van der Waals surface area contributed by atoms with E-state index in [4.69, 9.17) is 21.3 Å². The number of halogens is 2. The van der Waals surface area contributed by atoms with E-state index in [1.165, 1.54) is 10.5 Å². The number of fused-ring (bicyclic) bond motifs is 1. The van der Waals surface area contributed by atoms with Crippen molar-refractivity contribution in [3.8, 4) is 11.3 Å². The summed E-state index contributed by atoms with van der Waals surface area (Å²) >= 11 is 5.96. The largest absolute Gasteiger partial charge is 0.373 e. The van der Waals surface area contributed by atoms with Gasteiger partial charge in [0, 0.05) is 52.3 Å². The lowest BCUT2D eigenvalue weighted by atomic mass is 9.90. The van der Waals surface area contributed by atoms with Crippen LogP contribution in [0.25, 0.3) is 16.9 Å². The van der Waals surface area contributed by atoms with Crippen LogP contribution < -0.4 is 5.56 Å². The minimum atomic E-state index is -0.514. The van der Waals surface area contributed by atoms with E-state index < -0.39 is 5.82 Å². The third-order valence-corrected chi connectivity index (χ3v) is 6.31. The number of hydrogen-bond donors (Lipinski definition) is 1. The average Bonchev–Trinajstić information content (AvgIpc) is 3.33. The minimum absolute atomic E-state index is 0.0238. The Morgan fingerprint density at radius 3 is 2.88 bits per heavy atom. The molecule has 1 fully saturated rings. The lowest BCUT2D eigenvalue weighted by molar-refractivity contribution is 0.00461. The predicted octanol–water partition coefficient (Wildman–Crippen LogP) is 4.52. The molecule has 7 nitrogen and oxygen atoms in total. The number of H-pyrrole nitrogens is 1. The molecule has 0 aliphatic carbocycles. The highest BCUT2D eigenvalue weighted by Gasteiger charge is 2.28. The number of hydrogen-bond acceptors (Lipinski definition) is 5. The van der Waals surface area contributed by atoms with Crippen molar-refractivity contribution in [3.05, 3.63) is 80.5 Å². The van der Waals surface area contributed by atoms with Crippen LogP contribution in [0, 0.1) is 19.7 Å². The average molecular weight is 454 g/mol. The third kappa shape index (κ3) is 3.59. The Morgan fingerprint density at radius 2 is 2.12 bits per heavy atom. The number of aromatic nitrogens is 5. The van der Waals surface area contributed by atoms with Gasteiger partial charge in [-0.2, -0.15) is 5.10 Å². The molecule has 0 unspecified atom stereocenters. The van der Waals surface area contributed by atoms with Crippen molar-refractivity contribution in [1.29, 1.82) is 0 Å². The molecule has 4 aromatic rings. The van der Waals surface area contributed by atoms with Crippen LogP contribution in [0.15, 0.2) is 41.6 Å². The number of rotatable bonds is 3. The van der Waals surface area contributed by atoms with E-state index in [9.17, 15) is 9.18 Å². The molecule has 1 aromatic carbocycles. The number of aryl methyl sites for hydroxylation is 1. The summed E-state index contributed by atoms with van der Waals surface area (Å²) in [6.45, 7) is 4.05. The molecule has 9 heteroatoms. The van der Waals surface area contributed by atoms with E-state index in [0.717, 1.165) is 12.0 Å². The highest BCUT2D eigenvalue weighted by atomic mass is 35.5. The zero-order valence-corrected chi connectivity index (χ0v) is 18.4. The van der Waals surface area contributed by atoms with Crippen LogP contribution in [0.4, 0.5) is 4.39 Å². The third-order valence-electron chi connectivity index (χ3n) is 6.08. The first-order chi connectivity index (χ1) is 15.4. The number of nitrogens with zero attached hydrogens (tertiary/aromatic N) is 4. The van der Waals surface area contributed by atoms with Gasteiger partial charge in [0.2, 0.25) is 0 Å². The summed E-state index contributed by atoms with van der Waals surface area (Å²) in [5.74, 6) is -0.490. The molecule has 32 heavy (non-hydrogen) atoms. The van der Waals surface area contributed by atoms with Crippen LogP contribution in [-0.2, 0) is 4.74 Å². The first-order valence-electron chi connectivity index (χ1n) is 10.4. The van der Waals surface area contributed by atoms with E-state index in [2.05, 4.69) is 15.2 Å². The van der Waals surface area contributed by atoms with Crippen molar-refractivity contribution in [2.24, 2.45) is 0 Å². The summed E-state index contributed by atoms with van der Waals surface area (Å²) in [7, 11) is 0. The van der Waals surface area contributed by atoms with Crippen molar-refractivity contribution in [2.75, 3.05) is 6.61 Å². The molecule has 1 aliphatic heterocycles. The maximum atomic E-state index is 14.9. The Bertz CT molecular complexity index is 1370. The van der Waals surface area contributed by atoms with Crippen LogP contribution in [0.2, 0.25) is 5.02 Å². The van der Waals surface area contributed by atoms with Gasteiger partial charge < -0.3 is 4.74 Å². The Hall–Kier alpha value is -3.10. The highest BCUT2D eigenvalue weighted by molar-refractivity contribution is 6.30. The highest BCUT2D eigenvalue weighted by Crippen LogP contribution is 2.37. The molecular formula is C23H21ClFN5O2. The maximum absolute atomic E-state index is 14.9. The molecule has 0 saturated carbocycles. The van der Waals surface area contributed by atoms with Crippen LogP contribution >= 0.6 is 11.6 Å². The van der Waals surface area contributed by atoms with E-state index in [1.54, 1.807) is 38.4 Å². The molecule has 164 valence electrons. The van der Waals surface area contributed by atoms with Crippen molar-refractivity contribution in [3.63, 3.8) is 0 Å². The van der Waals surface area contributed by atoms with Gasteiger partial charge in [-0.15, -0.1) is 0 Å². The van der Waals surface area contributed by atoms with Crippen LogP contribution in [0.5, 0.6) is 0 Å². The summed E-state index contributed by atoms with van der Waals surface area (Å²) < 4.78 is 22.3. The van der Waals surface area contributed by atoms with Gasteiger partial charge >= 0.3 is 0 Å². The molecule has 4 heterocycles. The Morgan fingerprint density at radius 1 is 1.28 bits per heavy atom. The van der Waals surface area contributed by atoms with Gasteiger partial charge in [0.25, 0.3) is 5.56 Å². The molecular weight excluding hydrogens is 433 g/mol. The molecule has 3 aromatic heterocycles. The molecule has 2 atom stereocenters. The molecule has 0 spiro atoms. The predicted molar refractivity (Wildman–Crippen MR) is 118 cm³/mol. The summed E-state index contributed by atoms with van der Waals surface area (Å²) in [5, 5.41) is 7.11. The van der Waals surface area contributed by atoms with Gasteiger partial charge in [0.1, 0.15) is 11.5 Å². The van der Waals surface area contributed by atoms with E-state index in [0.29, 0.717) is 41.3 Å². The van der Waals surface area contributed by atoms with E-state index in [1.807, 2.05) is 6.20 Å². The fourth-order valence-corrected chi connectivity index (χ4v) is 4.31. The summed E-state index contributed by atoms with van der Waals surface area (Å²) in [4.78, 5) is 22.5. The SMILES string of the molecule is Cc1nc2c(-c3ccc(Cl)cc3F)nc([C@H]3CCO[C@@H](c4cn[nH]c4)C3)cn2c(=O)c1C. The zero-order valence-electron chi connectivity index (χ0n) is 17.6. The molecule has 5 rings (SSSR count). The van der Waals surface area contributed by atoms with Crippen molar-refractivity contribution < 1.29 is 9.13 Å². The smallest absolute Gasteiger partial charge is 0.261 e. The number of benzene rings is 1. The van der Waals surface area contributed by atoms with Gasteiger partial charge in [-0.05, 0) is 44.9 Å². The van der Waals surface area contributed by atoms with Crippen LogP contribution in [-0.4, -0.2) is 31.2 Å². The monoisotopic (exact) mass is 453 g/mol. The lowest BCUT2D eigenvalue weighted by Crippen LogP contribution is -2.24. The van der Waals surface area contributed by atoms with Crippen molar-refractivity contribution in [1.82, 2.24) is 24.6 Å². The summed E-state index contributed by atoms with van der Waals surface area (Å²) in [5.41, 5.74) is 3.50. The molecule has 1 aliphatic rings. The number of ether oxygens (including phenoxy) is 1. The van der Waals surface area contributed by atoms with Gasteiger partial charge in [0.15, 0.2) is 5.65 Å². The first kappa shape index (κ1) is 20.8. The second-order valence-electron chi connectivity index (χ2n) is 8.07. The first-order valence-corrected chi connectivity index (χ1v) is 10.8. The quantitative estimate of drug-likeness (QED) is 0.492. The fourth-order valence-electron chi connectivity index (χ4n) is 4.15. The molecule has 0 amide bonds. The van der Waals surface area contributed by atoms with Gasteiger partial charge in [0.05, 0.1) is 18.0 Å². The number of aromatic amines is 1. The van der Waals surface area contributed by atoms with E-state index >= 15 is 0 Å². The summed E-state index contributed by atoms with van der Waals surface area (Å²) in [6.07, 6.45) is 6.58. The molecule has 1 saturated heterocycles. The van der Waals surface area contributed by atoms with Crippen molar-refractivity contribution >= 4 is 17.2 Å². The normalized spacial score (nSPS) is 18.9. The number of nitrogens with one attached hydrogen (secondary N) is 1. The van der Waals surface area contributed by atoms with Gasteiger partial charge in [-0.25, -0.2) is 14.4 Å². The fraction of sp³-hybridized carbons (Fsp3) is 0.304. The van der Waals surface area contributed by atoms with Crippen molar-refractivity contribution in [2.45, 2.75) is 38.7 Å². The Kier molecular flexibility index (Phi) is 5.27. The molecule has 0 bridgehead atoms. The van der Waals surface area contributed by atoms with Gasteiger partial charge in [-0.3, -0.25) is 14.3 Å². The molecule has 1 N–H and O–H groups in total. The maximum Gasteiger partial charge on any atom is 0.261 e. The van der Waals surface area contributed by atoms with Crippen LogP contribution in [0.3, 0.4) is 0 Å². The second-order valence-corrected chi connectivity index (χ2v) is 8.51. The minimum Gasteiger partial charge on any atom is -0.373 e. The Balaban J connectivity index is 1.69. The standard InChI is InChI=1S/C23H21ClFN5O2/c1-12-13(2)28-22-21(17-4-3-16(24)8-18(17)25)29-19(11-30(22)23(12)31)14-5-6-32-20(7-14)15-9-26-27-10-15/h3-4,8-11,14,20H,5-7H2,1-2H3,(H,26,27)/t14-,20+/m0/s1. The van der Waals surface area contributed by atoms with Crippen LogP contribution in [0.1, 0.15) is 47.4 Å². The van der Waals surface area contributed by atoms with Gasteiger partial charge in [-0.1, -0.05) is 11.6 Å². The summed E-state index contributed by atoms with van der Waals surface area (Å²) in [6, 6.07) is 4.42. The zero-order chi connectivity index (χ0) is 22.4. The Labute approximate surface area is 188 Å².